The van der Waals surface area contributed by atoms with E-state index in [9.17, 15) is 0 Å². The SMILES string of the molecule is CC(Nc1cccc(N2CCCC2)c1)c1ccc(I)cc1. The van der Waals surface area contributed by atoms with E-state index in [1.165, 1.54) is 46.4 Å². The molecule has 21 heavy (non-hydrogen) atoms. The van der Waals surface area contributed by atoms with Crippen LogP contribution in [0, 0.1) is 3.57 Å². The Balaban J connectivity index is 1.72. The molecule has 0 spiro atoms. The van der Waals surface area contributed by atoms with E-state index in [0.717, 1.165) is 0 Å². The van der Waals surface area contributed by atoms with Crippen LogP contribution in [0.25, 0.3) is 0 Å². The fourth-order valence-corrected chi connectivity index (χ4v) is 3.21. The van der Waals surface area contributed by atoms with Crippen LogP contribution in [-0.2, 0) is 0 Å². The second-order valence-corrected chi connectivity index (χ2v) is 6.91. The van der Waals surface area contributed by atoms with Crippen LogP contribution >= 0.6 is 22.6 Å². The molecule has 0 aliphatic carbocycles. The van der Waals surface area contributed by atoms with E-state index in [0.29, 0.717) is 6.04 Å². The molecule has 1 N–H and O–H groups in total. The molecule has 1 saturated heterocycles. The third kappa shape index (κ3) is 3.70. The van der Waals surface area contributed by atoms with Crippen molar-refractivity contribution in [3.8, 4) is 0 Å². The monoisotopic (exact) mass is 392 g/mol. The summed E-state index contributed by atoms with van der Waals surface area (Å²) >= 11 is 2.34. The third-order valence-corrected chi connectivity index (χ3v) is 4.79. The first kappa shape index (κ1) is 14.7. The second-order valence-electron chi connectivity index (χ2n) is 5.66. The molecule has 0 aromatic heterocycles. The van der Waals surface area contributed by atoms with Gasteiger partial charge < -0.3 is 10.2 Å². The molecule has 0 bridgehead atoms. The molecule has 110 valence electrons. The minimum absolute atomic E-state index is 0.316. The molecule has 1 fully saturated rings. The smallest absolute Gasteiger partial charge is 0.0485 e. The van der Waals surface area contributed by atoms with Crippen LogP contribution < -0.4 is 10.2 Å². The van der Waals surface area contributed by atoms with Crippen molar-refractivity contribution in [1.29, 1.82) is 0 Å². The largest absolute Gasteiger partial charge is 0.378 e. The van der Waals surface area contributed by atoms with Crippen molar-refractivity contribution in [2.45, 2.75) is 25.8 Å². The van der Waals surface area contributed by atoms with Gasteiger partial charge in [-0.25, -0.2) is 0 Å². The number of hydrogen-bond acceptors (Lipinski definition) is 2. The number of halogens is 1. The van der Waals surface area contributed by atoms with Crippen molar-refractivity contribution in [2.75, 3.05) is 23.3 Å². The van der Waals surface area contributed by atoms with Crippen molar-refractivity contribution in [3.05, 3.63) is 57.7 Å². The Hall–Kier alpha value is -1.23. The molecule has 0 saturated carbocycles. The quantitative estimate of drug-likeness (QED) is 0.732. The molecular weight excluding hydrogens is 371 g/mol. The number of benzene rings is 2. The predicted molar refractivity (Wildman–Crippen MR) is 99.1 cm³/mol. The summed E-state index contributed by atoms with van der Waals surface area (Å²) in [5.74, 6) is 0. The minimum Gasteiger partial charge on any atom is -0.378 e. The van der Waals surface area contributed by atoms with E-state index < -0.39 is 0 Å². The maximum Gasteiger partial charge on any atom is 0.0485 e. The zero-order valence-corrected chi connectivity index (χ0v) is 14.5. The zero-order chi connectivity index (χ0) is 14.7. The van der Waals surface area contributed by atoms with Crippen molar-refractivity contribution < 1.29 is 0 Å². The molecule has 2 nitrogen and oxygen atoms in total. The van der Waals surface area contributed by atoms with Crippen LogP contribution in [0.2, 0.25) is 0 Å². The second kappa shape index (κ2) is 6.69. The molecule has 1 aliphatic rings. The van der Waals surface area contributed by atoms with Crippen molar-refractivity contribution >= 4 is 34.0 Å². The summed E-state index contributed by atoms with van der Waals surface area (Å²) in [5.41, 5.74) is 3.86. The maximum absolute atomic E-state index is 3.61. The summed E-state index contributed by atoms with van der Waals surface area (Å²) in [6.45, 7) is 4.59. The van der Waals surface area contributed by atoms with Gasteiger partial charge in [-0.1, -0.05) is 18.2 Å². The van der Waals surface area contributed by atoms with Gasteiger partial charge in [0.05, 0.1) is 0 Å². The molecule has 3 heteroatoms. The topological polar surface area (TPSA) is 15.3 Å². The molecule has 1 atom stereocenters. The number of anilines is 2. The lowest BCUT2D eigenvalue weighted by atomic mass is 10.1. The Bertz CT molecular complexity index is 588. The van der Waals surface area contributed by atoms with Gasteiger partial charge in [-0.05, 0) is 78.3 Å². The first-order chi connectivity index (χ1) is 10.2. The molecule has 1 heterocycles. The summed E-state index contributed by atoms with van der Waals surface area (Å²) in [5, 5.41) is 3.61. The number of nitrogens with one attached hydrogen (secondary N) is 1. The van der Waals surface area contributed by atoms with Gasteiger partial charge >= 0.3 is 0 Å². The van der Waals surface area contributed by atoms with Crippen LogP contribution in [0.15, 0.2) is 48.5 Å². The summed E-state index contributed by atoms with van der Waals surface area (Å²) in [6.07, 6.45) is 2.63. The summed E-state index contributed by atoms with van der Waals surface area (Å²) < 4.78 is 1.28. The molecular formula is C18H21IN2. The zero-order valence-electron chi connectivity index (χ0n) is 12.3. The van der Waals surface area contributed by atoms with Gasteiger partial charge in [0.2, 0.25) is 0 Å². The van der Waals surface area contributed by atoms with Crippen molar-refractivity contribution in [1.82, 2.24) is 0 Å². The molecule has 1 unspecified atom stereocenters. The first-order valence-corrected chi connectivity index (χ1v) is 8.67. The Morgan fingerprint density at radius 1 is 1.05 bits per heavy atom. The molecule has 1 aliphatic heterocycles. The van der Waals surface area contributed by atoms with Gasteiger partial charge in [0, 0.05) is 34.1 Å². The average molecular weight is 392 g/mol. The maximum atomic E-state index is 3.61. The highest BCUT2D eigenvalue weighted by molar-refractivity contribution is 14.1. The Kier molecular flexibility index (Phi) is 4.68. The van der Waals surface area contributed by atoms with E-state index in [-0.39, 0.29) is 0 Å². The lowest BCUT2D eigenvalue weighted by molar-refractivity contribution is 0.883. The van der Waals surface area contributed by atoms with Crippen molar-refractivity contribution in [2.24, 2.45) is 0 Å². The number of nitrogens with zero attached hydrogens (tertiary/aromatic N) is 1. The summed E-state index contributed by atoms with van der Waals surface area (Å²) in [4.78, 5) is 2.47. The first-order valence-electron chi connectivity index (χ1n) is 7.59. The Morgan fingerprint density at radius 3 is 2.48 bits per heavy atom. The number of rotatable bonds is 4. The lowest BCUT2D eigenvalue weighted by Crippen LogP contribution is -2.17. The van der Waals surface area contributed by atoms with Gasteiger partial charge in [0.15, 0.2) is 0 Å². The molecule has 0 radical (unpaired) electrons. The van der Waals surface area contributed by atoms with E-state index >= 15 is 0 Å². The molecule has 3 rings (SSSR count). The van der Waals surface area contributed by atoms with Gasteiger partial charge in [-0.3, -0.25) is 0 Å². The van der Waals surface area contributed by atoms with Crippen LogP contribution in [0.3, 0.4) is 0 Å². The molecule has 2 aromatic carbocycles. The Morgan fingerprint density at radius 2 is 1.76 bits per heavy atom. The Labute approximate surface area is 140 Å². The van der Waals surface area contributed by atoms with Gasteiger partial charge in [-0.15, -0.1) is 0 Å². The summed E-state index contributed by atoms with van der Waals surface area (Å²) in [7, 11) is 0. The van der Waals surface area contributed by atoms with E-state index in [4.69, 9.17) is 0 Å². The van der Waals surface area contributed by atoms with Crippen LogP contribution in [0.5, 0.6) is 0 Å². The average Bonchev–Trinajstić information content (AvgIpc) is 3.02. The fraction of sp³-hybridized carbons (Fsp3) is 0.333. The lowest BCUT2D eigenvalue weighted by Gasteiger charge is -2.20. The fourth-order valence-electron chi connectivity index (χ4n) is 2.85. The highest BCUT2D eigenvalue weighted by Crippen LogP contribution is 2.26. The number of hydrogen-bond donors (Lipinski definition) is 1. The van der Waals surface area contributed by atoms with Crippen LogP contribution in [0.1, 0.15) is 31.4 Å². The van der Waals surface area contributed by atoms with E-state index in [1.807, 2.05) is 0 Å². The van der Waals surface area contributed by atoms with Crippen LogP contribution in [0.4, 0.5) is 11.4 Å². The standard InChI is InChI=1S/C18H21IN2/c1-14(15-7-9-16(19)10-8-15)20-17-5-4-6-18(13-17)21-11-2-3-12-21/h4-10,13-14,20H,2-3,11-12H2,1H3. The minimum atomic E-state index is 0.316. The molecule has 2 aromatic rings. The van der Waals surface area contributed by atoms with E-state index in [1.54, 1.807) is 0 Å². The van der Waals surface area contributed by atoms with E-state index in [2.05, 4.69) is 88.3 Å². The van der Waals surface area contributed by atoms with Crippen molar-refractivity contribution in [3.63, 3.8) is 0 Å². The normalized spacial score (nSPS) is 16.0. The summed E-state index contributed by atoms with van der Waals surface area (Å²) in [6, 6.07) is 17.8. The highest BCUT2D eigenvalue weighted by atomic mass is 127. The predicted octanol–water partition coefficient (Wildman–Crippen LogP) is 5.06. The highest BCUT2D eigenvalue weighted by Gasteiger charge is 2.13. The van der Waals surface area contributed by atoms with Crippen LogP contribution in [-0.4, -0.2) is 13.1 Å². The third-order valence-electron chi connectivity index (χ3n) is 4.07. The van der Waals surface area contributed by atoms with Gasteiger partial charge in [-0.2, -0.15) is 0 Å². The molecule has 0 amide bonds. The van der Waals surface area contributed by atoms with Gasteiger partial charge in [0.25, 0.3) is 0 Å². The van der Waals surface area contributed by atoms with Gasteiger partial charge in [0.1, 0.15) is 0 Å².